The Morgan fingerprint density at radius 3 is 2.53 bits per heavy atom. The number of benzene rings is 3. The molecule has 3 aromatic rings. The lowest BCUT2D eigenvalue weighted by atomic mass is 10.1. The number of para-hydroxylation sites is 1. The van der Waals surface area contributed by atoms with Crippen LogP contribution < -0.4 is 10.4 Å². The highest BCUT2D eigenvalue weighted by Crippen LogP contribution is 2.33. The van der Waals surface area contributed by atoms with Gasteiger partial charge < -0.3 is 0 Å². The van der Waals surface area contributed by atoms with Crippen LogP contribution in [-0.2, 0) is 6.54 Å². The summed E-state index contributed by atoms with van der Waals surface area (Å²) in [5.41, 5.74) is 7.25. The summed E-state index contributed by atoms with van der Waals surface area (Å²) in [7, 11) is 0. The summed E-state index contributed by atoms with van der Waals surface area (Å²) in [6.07, 6.45) is 0. The first-order chi connectivity index (χ1) is 9.42. The Hall–Kier alpha value is -2.48. The number of hydrazine groups is 1. The van der Waals surface area contributed by atoms with Crippen molar-refractivity contribution < 1.29 is 0 Å². The SMILES string of the molecule is c1ccc2c(c1)CN(c1cccc3ccccc13)N2. The van der Waals surface area contributed by atoms with E-state index in [9.17, 15) is 0 Å². The maximum absolute atomic E-state index is 3.48. The van der Waals surface area contributed by atoms with Crippen LogP contribution in [-0.4, -0.2) is 0 Å². The average Bonchev–Trinajstić information content (AvgIpc) is 2.90. The molecular weight excluding hydrogens is 232 g/mol. The monoisotopic (exact) mass is 246 g/mol. The first-order valence-corrected chi connectivity index (χ1v) is 6.52. The minimum atomic E-state index is 0.907. The summed E-state index contributed by atoms with van der Waals surface area (Å²) in [4.78, 5) is 0. The van der Waals surface area contributed by atoms with E-state index in [1.54, 1.807) is 0 Å². The molecule has 0 amide bonds. The predicted octanol–water partition coefficient (Wildman–Crippen LogP) is 4.19. The Morgan fingerprint density at radius 1 is 0.789 bits per heavy atom. The minimum absolute atomic E-state index is 0.907. The highest BCUT2D eigenvalue weighted by Gasteiger charge is 2.19. The zero-order chi connectivity index (χ0) is 12.7. The molecule has 0 radical (unpaired) electrons. The summed E-state index contributed by atoms with van der Waals surface area (Å²) < 4.78 is 0. The van der Waals surface area contributed by atoms with Crippen molar-refractivity contribution in [2.24, 2.45) is 0 Å². The van der Waals surface area contributed by atoms with Gasteiger partial charge in [0.15, 0.2) is 0 Å². The van der Waals surface area contributed by atoms with E-state index < -0.39 is 0 Å². The number of hydrogen-bond acceptors (Lipinski definition) is 2. The fourth-order valence-corrected chi connectivity index (χ4v) is 2.71. The van der Waals surface area contributed by atoms with Crippen LogP contribution in [0.5, 0.6) is 0 Å². The molecule has 4 rings (SSSR count). The van der Waals surface area contributed by atoms with Crippen LogP contribution >= 0.6 is 0 Å². The van der Waals surface area contributed by atoms with E-state index in [0.717, 1.165) is 6.54 Å². The van der Waals surface area contributed by atoms with E-state index in [1.807, 2.05) is 0 Å². The second kappa shape index (κ2) is 4.02. The Morgan fingerprint density at radius 2 is 1.58 bits per heavy atom. The van der Waals surface area contributed by atoms with Gasteiger partial charge in [0.2, 0.25) is 0 Å². The second-order valence-corrected chi connectivity index (χ2v) is 4.85. The van der Waals surface area contributed by atoms with E-state index >= 15 is 0 Å². The molecule has 1 heterocycles. The van der Waals surface area contributed by atoms with Crippen molar-refractivity contribution in [1.29, 1.82) is 0 Å². The van der Waals surface area contributed by atoms with Gasteiger partial charge in [-0.3, -0.25) is 10.4 Å². The van der Waals surface area contributed by atoms with Gasteiger partial charge in [-0.15, -0.1) is 0 Å². The zero-order valence-electron chi connectivity index (χ0n) is 10.5. The van der Waals surface area contributed by atoms with Crippen LogP contribution in [0.4, 0.5) is 11.4 Å². The predicted molar refractivity (Wildman–Crippen MR) is 80.2 cm³/mol. The third kappa shape index (κ3) is 1.65. The summed E-state index contributed by atoms with van der Waals surface area (Å²) in [5, 5.41) is 4.77. The Kier molecular flexibility index (Phi) is 2.21. The smallest absolute Gasteiger partial charge is 0.0665 e. The van der Waals surface area contributed by atoms with Crippen molar-refractivity contribution in [3.8, 4) is 0 Å². The van der Waals surface area contributed by atoms with Gasteiger partial charge in [0.05, 0.1) is 17.9 Å². The van der Waals surface area contributed by atoms with Gasteiger partial charge in [-0.1, -0.05) is 54.6 Å². The van der Waals surface area contributed by atoms with Gasteiger partial charge in [-0.05, 0) is 23.1 Å². The lowest BCUT2D eigenvalue weighted by molar-refractivity contribution is 0.976. The van der Waals surface area contributed by atoms with Gasteiger partial charge in [0.25, 0.3) is 0 Å². The number of rotatable bonds is 1. The van der Waals surface area contributed by atoms with Gasteiger partial charge in [0.1, 0.15) is 0 Å². The van der Waals surface area contributed by atoms with Crippen molar-refractivity contribution in [1.82, 2.24) is 0 Å². The second-order valence-electron chi connectivity index (χ2n) is 4.85. The van der Waals surface area contributed by atoms with E-state index in [0.29, 0.717) is 0 Å². The average molecular weight is 246 g/mol. The van der Waals surface area contributed by atoms with Crippen molar-refractivity contribution in [3.63, 3.8) is 0 Å². The third-order valence-corrected chi connectivity index (χ3v) is 3.66. The summed E-state index contributed by atoms with van der Waals surface area (Å²) in [6.45, 7) is 0.907. The number of hydrogen-bond donors (Lipinski definition) is 1. The third-order valence-electron chi connectivity index (χ3n) is 3.66. The molecule has 0 saturated carbocycles. The van der Waals surface area contributed by atoms with Crippen LogP contribution in [0.2, 0.25) is 0 Å². The number of anilines is 2. The van der Waals surface area contributed by atoms with Gasteiger partial charge >= 0.3 is 0 Å². The van der Waals surface area contributed by atoms with Gasteiger partial charge in [0, 0.05) is 5.39 Å². The quantitative estimate of drug-likeness (QED) is 0.692. The zero-order valence-corrected chi connectivity index (χ0v) is 10.5. The van der Waals surface area contributed by atoms with E-state index in [-0.39, 0.29) is 0 Å². The van der Waals surface area contributed by atoms with Crippen molar-refractivity contribution in [2.45, 2.75) is 6.54 Å². The Balaban J connectivity index is 1.81. The molecule has 92 valence electrons. The van der Waals surface area contributed by atoms with Crippen LogP contribution in [0.3, 0.4) is 0 Å². The normalized spacial score (nSPS) is 13.4. The molecular formula is C17H14N2. The Bertz CT molecular complexity index is 719. The van der Waals surface area contributed by atoms with E-state index in [4.69, 9.17) is 0 Å². The summed E-state index contributed by atoms with van der Waals surface area (Å²) >= 11 is 0. The van der Waals surface area contributed by atoms with Crippen LogP contribution in [0.1, 0.15) is 5.56 Å². The molecule has 1 N–H and O–H groups in total. The molecule has 0 spiro atoms. The van der Waals surface area contributed by atoms with Gasteiger partial charge in [-0.2, -0.15) is 0 Å². The fourth-order valence-electron chi connectivity index (χ4n) is 2.71. The lowest BCUT2D eigenvalue weighted by Gasteiger charge is -2.20. The number of fused-ring (bicyclic) bond motifs is 2. The molecule has 1 aliphatic rings. The van der Waals surface area contributed by atoms with Gasteiger partial charge in [-0.25, -0.2) is 0 Å². The van der Waals surface area contributed by atoms with Crippen LogP contribution in [0.25, 0.3) is 10.8 Å². The molecule has 0 atom stereocenters. The molecule has 0 unspecified atom stereocenters. The van der Waals surface area contributed by atoms with Crippen molar-refractivity contribution in [2.75, 3.05) is 10.4 Å². The largest absolute Gasteiger partial charge is 0.298 e. The number of nitrogens with one attached hydrogen (secondary N) is 1. The van der Waals surface area contributed by atoms with E-state index in [1.165, 1.54) is 27.7 Å². The molecule has 2 heteroatoms. The first kappa shape index (κ1) is 10.4. The Labute approximate surface area is 112 Å². The topological polar surface area (TPSA) is 15.3 Å². The fraction of sp³-hybridized carbons (Fsp3) is 0.0588. The van der Waals surface area contributed by atoms with Crippen molar-refractivity contribution >= 4 is 22.1 Å². The van der Waals surface area contributed by atoms with Crippen LogP contribution in [0, 0.1) is 0 Å². The highest BCUT2D eigenvalue weighted by atomic mass is 15.5. The standard InChI is InChI=1S/C17H14N2/c1-3-9-15-13(6-1)8-5-11-17(15)19-12-14-7-2-4-10-16(14)18-19/h1-11,18H,12H2. The molecule has 1 aliphatic heterocycles. The molecule has 0 bridgehead atoms. The van der Waals surface area contributed by atoms with Crippen LogP contribution in [0.15, 0.2) is 66.7 Å². The first-order valence-electron chi connectivity index (χ1n) is 6.52. The summed E-state index contributed by atoms with van der Waals surface area (Å²) in [5.74, 6) is 0. The highest BCUT2D eigenvalue weighted by molar-refractivity contribution is 5.95. The molecule has 0 saturated heterocycles. The molecule has 3 aromatic carbocycles. The molecule has 19 heavy (non-hydrogen) atoms. The molecule has 0 aromatic heterocycles. The maximum Gasteiger partial charge on any atom is 0.0665 e. The molecule has 2 nitrogen and oxygen atoms in total. The van der Waals surface area contributed by atoms with E-state index in [2.05, 4.69) is 77.2 Å². The van der Waals surface area contributed by atoms with Crippen molar-refractivity contribution in [3.05, 3.63) is 72.3 Å². The number of nitrogens with zero attached hydrogens (tertiary/aromatic N) is 1. The minimum Gasteiger partial charge on any atom is -0.298 e. The summed E-state index contributed by atoms with van der Waals surface area (Å²) in [6, 6.07) is 23.4. The molecule has 0 fully saturated rings. The maximum atomic E-state index is 3.48. The molecule has 0 aliphatic carbocycles. The lowest BCUT2D eigenvalue weighted by Crippen LogP contribution is -2.22.